The zero-order chi connectivity index (χ0) is 25.5. The summed E-state index contributed by atoms with van der Waals surface area (Å²) in [6, 6.07) is 3.95. The number of carbonyl (C=O) groups is 1. The predicted octanol–water partition coefficient (Wildman–Crippen LogP) is 3.43. The lowest BCUT2D eigenvalue weighted by atomic mass is 9.92. The summed E-state index contributed by atoms with van der Waals surface area (Å²) >= 11 is 0. The van der Waals surface area contributed by atoms with Crippen LogP contribution in [-0.2, 0) is 39.9 Å². The highest BCUT2D eigenvalue weighted by molar-refractivity contribution is 7.92. The lowest BCUT2D eigenvalue weighted by Gasteiger charge is -2.21. The maximum Gasteiger partial charge on any atom is 0.416 e. The van der Waals surface area contributed by atoms with E-state index < -0.39 is 33.2 Å². The molecule has 3 rings (SSSR count). The van der Waals surface area contributed by atoms with Crippen molar-refractivity contribution in [3.05, 3.63) is 46.6 Å². The van der Waals surface area contributed by atoms with Crippen LogP contribution in [0.3, 0.4) is 0 Å². The minimum Gasteiger partial charge on any atom is -0.376 e. The number of hydrogen-bond acceptors (Lipinski definition) is 4. The van der Waals surface area contributed by atoms with Gasteiger partial charge < -0.3 is 4.74 Å². The van der Waals surface area contributed by atoms with Gasteiger partial charge in [0.2, 0.25) is 10.0 Å². The number of aromatic nitrogens is 2. The molecule has 0 radical (unpaired) electrons. The molecule has 188 valence electrons. The van der Waals surface area contributed by atoms with Crippen LogP contribution in [0.4, 0.5) is 18.9 Å². The Hall–Kier alpha value is -2.60. The molecule has 0 unspecified atom stereocenters. The number of benzene rings is 1. The quantitative estimate of drug-likeness (QED) is 0.678. The molecule has 1 aromatic carbocycles. The molecule has 0 spiro atoms. The molecular weight excluding hydrogens is 473 g/mol. The third-order valence-electron chi connectivity index (χ3n) is 5.50. The first-order valence-electron chi connectivity index (χ1n) is 10.7. The van der Waals surface area contributed by atoms with Gasteiger partial charge in [-0.25, -0.2) is 8.42 Å². The Morgan fingerprint density at radius 2 is 1.91 bits per heavy atom. The summed E-state index contributed by atoms with van der Waals surface area (Å²) < 4.78 is 74.8. The van der Waals surface area contributed by atoms with E-state index in [0.717, 1.165) is 30.9 Å². The number of amides is 1. The van der Waals surface area contributed by atoms with Crippen LogP contribution in [0.2, 0.25) is 0 Å². The fraction of sp³-hybridized carbons (Fsp3) is 0.545. The van der Waals surface area contributed by atoms with Gasteiger partial charge in [0, 0.05) is 30.8 Å². The molecule has 12 heteroatoms. The number of rotatable bonds is 5. The van der Waals surface area contributed by atoms with Gasteiger partial charge in [-0.1, -0.05) is 20.8 Å². The Kier molecular flexibility index (Phi) is 7.05. The molecule has 8 nitrogen and oxygen atoms in total. The smallest absolute Gasteiger partial charge is 0.376 e. The lowest BCUT2D eigenvalue weighted by molar-refractivity contribution is -0.137. The van der Waals surface area contributed by atoms with E-state index in [4.69, 9.17) is 4.74 Å². The molecule has 1 fully saturated rings. The van der Waals surface area contributed by atoms with Crippen LogP contribution in [0.15, 0.2) is 29.3 Å². The molecule has 1 aliphatic rings. The van der Waals surface area contributed by atoms with Crippen LogP contribution >= 0.6 is 0 Å². The summed E-state index contributed by atoms with van der Waals surface area (Å²) in [5, 5.41) is 0. The van der Waals surface area contributed by atoms with Gasteiger partial charge in [-0.2, -0.15) is 18.2 Å². The molecular formula is C22H29F3N4O4S. The minimum absolute atomic E-state index is 0.0773. The number of sulfonamides is 1. The van der Waals surface area contributed by atoms with Crippen LogP contribution in [0, 0.1) is 0 Å². The number of anilines is 1. The first kappa shape index (κ1) is 26.0. The number of ether oxygens (including phenoxy) is 1. The SMILES string of the molecule is Cn1c(C(C)(C)C)c/c(=N\C(=O)c2cc(C(F)(F)F)ccc2NS(C)(=O)=O)n1C[C@H]1CCCO1. The standard InChI is InChI=1S/C22H29F3N4O4S/c1-21(2,3)18-12-19(29(28(18)4)13-15-7-6-10-33-15)26-20(30)16-11-14(22(23,24)25)8-9-17(16)27-34(5,31)32/h8-9,11-12,15,27H,6-7,10,13H2,1-5H3/b26-19+/t15-/m1/s1. The van der Waals surface area contributed by atoms with E-state index >= 15 is 0 Å². The second-order valence-electron chi connectivity index (χ2n) is 9.43. The summed E-state index contributed by atoms with van der Waals surface area (Å²) in [5.74, 6) is -0.996. The van der Waals surface area contributed by atoms with E-state index in [1.54, 1.807) is 10.7 Å². The van der Waals surface area contributed by atoms with Crippen molar-refractivity contribution in [2.45, 2.75) is 57.9 Å². The monoisotopic (exact) mass is 502 g/mol. The normalized spacial score (nSPS) is 17.9. The topological polar surface area (TPSA) is 94.7 Å². The van der Waals surface area contributed by atoms with Gasteiger partial charge in [0.25, 0.3) is 5.91 Å². The number of carbonyl (C=O) groups excluding carboxylic acids is 1. The minimum atomic E-state index is -4.72. The van der Waals surface area contributed by atoms with Gasteiger partial charge in [0.05, 0.1) is 35.7 Å². The van der Waals surface area contributed by atoms with Gasteiger partial charge in [-0.15, -0.1) is 0 Å². The molecule has 1 aliphatic heterocycles. The Balaban J connectivity index is 2.16. The second kappa shape index (κ2) is 9.21. The highest BCUT2D eigenvalue weighted by Gasteiger charge is 2.32. The molecule has 34 heavy (non-hydrogen) atoms. The third-order valence-corrected chi connectivity index (χ3v) is 6.09. The van der Waals surface area contributed by atoms with E-state index in [9.17, 15) is 26.4 Å². The first-order chi connectivity index (χ1) is 15.6. The Morgan fingerprint density at radius 3 is 2.44 bits per heavy atom. The van der Waals surface area contributed by atoms with Crippen molar-refractivity contribution in [2.75, 3.05) is 17.6 Å². The fourth-order valence-electron chi connectivity index (χ4n) is 3.91. The van der Waals surface area contributed by atoms with Crippen LogP contribution in [0.25, 0.3) is 0 Å². The van der Waals surface area contributed by atoms with Gasteiger partial charge >= 0.3 is 6.18 Å². The highest BCUT2D eigenvalue weighted by atomic mass is 32.2. The maximum atomic E-state index is 13.3. The zero-order valence-corrected chi connectivity index (χ0v) is 20.5. The average Bonchev–Trinajstić information content (AvgIpc) is 3.29. The van der Waals surface area contributed by atoms with Crippen LogP contribution < -0.4 is 10.2 Å². The number of nitrogens with zero attached hydrogens (tertiary/aromatic N) is 3. The van der Waals surface area contributed by atoms with Crippen molar-refractivity contribution in [1.82, 2.24) is 9.36 Å². The summed E-state index contributed by atoms with van der Waals surface area (Å²) in [6.07, 6.45) is -2.20. The lowest BCUT2D eigenvalue weighted by Crippen LogP contribution is -2.30. The van der Waals surface area contributed by atoms with E-state index in [1.807, 2.05) is 32.5 Å². The van der Waals surface area contributed by atoms with Crippen LogP contribution in [0.5, 0.6) is 0 Å². The molecule has 1 aromatic heterocycles. The number of halogens is 3. The van der Waals surface area contributed by atoms with E-state index in [0.29, 0.717) is 25.3 Å². The van der Waals surface area contributed by atoms with Gasteiger partial charge in [0.1, 0.15) is 0 Å². The molecule has 0 aliphatic carbocycles. The van der Waals surface area contributed by atoms with Crippen molar-refractivity contribution in [3.8, 4) is 0 Å². The van der Waals surface area contributed by atoms with Crippen molar-refractivity contribution >= 4 is 21.6 Å². The van der Waals surface area contributed by atoms with Crippen molar-refractivity contribution in [1.29, 1.82) is 0 Å². The maximum absolute atomic E-state index is 13.3. The fourth-order valence-corrected chi connectivity index (χ4v) is 4.49. The molecule has 1 saturated heterocycles. The average molecular weight is 503 g/mol. The summed E-state index contributed by atoms with van der Waals surface area (Å²) in [6.45, 7) is 7.02. The van der Waals surface area contributed by atoms with E-state index in [1.165, 1.54) is 0 Å². The first-order valence-corrected chi connectivity index (χ1v) is 12.6. The largest absolute Gasteiger partial charge is 0.416 e. The summed E-state index contributed by atoms with van der Waals surface area (Å²) in [4.78, 5) is 17.3. The summed E-state index contributed by atoms with van der Waals surface area (Å²) in [7, 11) is -2.03. The van der Waals surface area contributed by atoms with Crippen molar-refractivity contribution in [2.24, 2.45) is 12.0 Å². The molecule has 1 amide bonds. The zero-order valence-electron chi connectivity index (χ0n) is 19.7. The number of alkyl halides is 3. The van der Waals surface area contributed by atoms with Crippen molar-refractivity contribution < 1.29 is 31.1 Å². The molecule has 0 bridgehead atoms. The van der Waals surface area contributed by atoms with E-state index in [2.05, 4.69) is 9.71 Å². The van der Waals surface area contributed by atoms with Crippen LogP contribution in [0.1, 0.15) is 55.2 Å². The van der Waals surface area contributed by atoms with Crippen molar-refractivity contribution in [3.63, 3.8) is 0 Å². The van der Waals surface area contributed by atoms with Gasteiger partial charge in [0.15, 0.2) is 5.49 Å². The van der Waals surface area contributed by atoms with Gasteiger partial charge in [-0.05, 0) is 31.0 Å². The molecule has 2 aromatic rings. The molecule has 0 saturated carbocycles. The van der Waals surface area contributed by atoms with Crippen LogP contribution in [-0.4, -0.2) is 42.7 Å². The Labute approximate surface area is 196 Å². The summed E-state index contributed by atoms with van der Waals surface area (Å²) in [5.41, 5.74) is -1.05. The Bertz CT molecular complexity index is 1250. The Morgan fingerprint density at radius 1 is 1.24 bits per heavy atom. The predicted molar refractivity (Wildman–Crippen MR) is 121 cm³/mol. The second-order valence-corrected chi connectivity index (χ2v) is 11.2. The molecule has 2 heterocycles. The number of hydrogen-bond donors (Lipinski definition) is 1. The molecule has 1 N–H and O–H groups in total. The number of nitrogens with one attached hydrogen (secondary N) is 1. The molecule has 1 atom stereocenters. The third kappa shape index (κ3) is 6.09. The van der Waals surface area contributed by atoms with Gasteiger partial charge in [-0.3, -0.25) is 18.9 Å². The highest BCUT2D eigenvalue weighted by Crippen LogP contribution is 2.32. The van der Waals surface area contributed by atoms with E-state index in [-0.39, 0.29) is 22.7 Å².